The summed E-state index contributed by atoms with van der Waals surface area (Å²) < 4.78 is 7.74. The molecule has 1 aliphatic rings. The molecule has 0 atom stereocenters. The third-order valence-electron chi connectivity index (χ3n) is 3.22. The minimum atomic E-state index is -0.259. The number of furan rings is 1. The van der Waals surface area contributed by atoms with E-state index in [-0.39, 0.29) is 17.2 Å². The Labute approximate surface area is 135 Å². The maximum atomic E-state index is 12.3. The summed E-state index contributed by atoms with van der Waals surface area (Å²) in [6.45, 7) is 6.21. The summed E-state index contributed by atoms with van der Waals surface area (Å²) in [6, 6.07) is 3.35. The lowest BCUT2D eigenvalue weighted by molar-refractivity contribution is 0.0994. The van der Waals surface area contributed by atoms with Gasteiger partial charge in [0.15, 0.2) is 10.4 Å². The maximum absolute atomic E-state index is 12.3. The Balaban J connectivity index is 1.96. The molecule has 2 aromatic heterocycles. The highest BCUT2D eigenvalue weighted by atomic mass is 79.9. The molecule has 2 aromatic rings. The summed E-state index contributed by atoms with van der Waals surface area (Å²) in [6.07, 6.45) is 0. The molecule has 1 N–H and O–H groups in total. The molecule has 0 fully saturated rings. The molecule has 0 aromatic carbocycles. The quantitative estimate of drug-likeness (QED) is 0.868. The highest BCUT2D eigenvalue weighted by Crippen LogP contribution is 2.37. The number of hydrogen-bond donors (Lipinski definition) is 1. The van der Waals surface area contributed by atoms with E-state index >= 15 is 0 Å². The molecule has 1 aliphatic heterocycles. The summed E-state index contributed by atoms with van der Waals surface area (Å²) in [7, 11) is 0. The van der Waals surface area contributed by atoms with Crippen LogP contribution >= 0.6 is 27.7 Å². The highest BCUT2D eigenvalue weighted by Gasteiger charge is 2.29. The van der Waals surface area contributed by atoms with Crippen molar-refractivity contribution in [2.75, 3.05) is 5.32 Å². The number of nitrogens with zero attached hydrogens (tertiary/aromatic N) is 2. The van der Waals surface area contributed by atoms with Crippen LogP contribution in [0.25, 0.3) is 0 Å². The lowest BCUT2D eigenvalue weighted by Crippen LogP contribution is -2.27. The van der Waals surface area contributed by atoms with Crippen LogP contribution in [-0.2, 0) is 17.0 Å². The van der Waals surface area contributed by atoms with E-state index < -0.39 is 0 Å². The molecule has 0 radical (unpaired) electrons. The number of hydrogen-bond acceptors (Lipinski definition) is 4. The fourth-order valence-electron chi connectivity index (χ4n) is 2.23. The number of carbonyl (C=O) groups excluding carboxylic acids is 1. The smallest absolute Gasteiger partial charge is 0.292 e. The molecule has 0 spiro atoms. The summed E-state index contributed by atoms with van der Waals surface area (Å²) in [5.41, 5.74) is 1.99. The van der Waals surface area contributed by atoms with Crippen LogP contribution < -0.4 is 5.32 Å². The highest BCUT2D eigenvalue weighted by molar-refractivity contribution is 9.10. The number of amides is 1. The van der Waals surface area contributed by atoms with Crippen LogP contribution in [0.2, 0.25) is 0 Å². The van der Waals surface area contributed by atoms with E-state index in [4.69, 9.17) is 4.42 Å². The van der Waals surface area contributed by atoms with E-state index in [0.717, 1.165) is 28.6 Å². The number of nitrogens with one attached hydrogen (secondary N) is 1. The zero-order valence-corrected chi connectivity index (χ0v) is 14.5. The fourth-order valence-corrected chi connectivity index (χ4v) is 3.57. The summed E-state index contributed by atoms with van der Waals surface area (Å²) in [4.78, 5) is 12.3. The first-order valence-electron chi connectivity index (χ1n) is 6.62. The Morgan fingerprint density at radius 3 is 2.81 bits per heavy atom. The molecular weight excluding hydrogens is 354 g/mol. The van der Waals surface area contributed by atoms with Crippen LogP contribution in [0.3, 0.4) is 0 Å². The van der Waals surface area contributed by atoms with Crippen molar-refractivity contribution in [2.45, 2.75) is 37.8 Å². The Morgan fingerprint density at radius 2 is 2.19 bits per heavy atom. The van der Waals surface area contributed by atoms with Crippen molar-refractivity contribution < 1.29 is 9.21 Å². The van der Waals surface area contributed by atoms with E-state index in [1.54, 1.807) is 12.1 Å². The lowest BCUT2D eigenvalue weighted by atomic mass is 10.1. The van der Waals surface area contributed by atoms with Gasteiger partial charge in [-0.3, -0.25) is 4.79 Å². The number of fused-ring (bicyclic) bond motifs is 1. The number of halogens is 1. The number of thioether (sulfide) groups is 1. The second-order valence-electron chi connectivity index (χ2n) is 5.91. The van der Waals surface area contributed by atoms with Crippen molar-refractivity contribution in [1.82, 2.24) is 9.78 Å². The van der Waals surface area contributed by atoms with E-state index in [0.29, 0.717) is 4.67 Å². The molecule has 0 aliphatic carbocycles. The Bertz CT molecular complexity index is 700. The van der Waals surface area contributed by atoms with Crippen molar-refractivity contribution >= 4 is 39.4 Å². The predicted molar refractivity (Wildman–Crippen MR) is 86.6 cm³/mol. The van der Waals surface area contributed by atoms with Gasteiger partial charge >= 0.3 is 0 Å². The molecule has 21 heavy (non-hydrogen) atoms. The van der Waals surface area contributed by atoms with Gasteiger partial charge in [-0.05, 0) is 48.8 Å². The zero-order chi connectivity index (χ0) is 15.2. The fraction of sp³-hybridized carbons (Fsp3) is 0.429. The van der Waals surface area contributed by atoms with Gasteiger partial charge < -0.3 is 9.73 Å². The van der Waals surface area contributed by atoms with Crippen molar-refractivity contribution in [1.29, 1.82) is 0 Å². The second-order valence-corrected chi connectivity index (χ2v) is 7.67. The van der Waals surface area contributed by atoms with Crippen LogP contribution in [0.4, 0.5) is 5.82 Å². The molecule has 0 saturated heterocycles. The van der Waals surface area contributed by atoms with Gasteiger partial charge in [0, 0.05) is 17.1 Å². The molecule has 3 rings (SSSR count). The van der Waals surface area contributed by atoms with E-state index in [1.807, 2.05) is 16.4 Å². The number of anilines is 1. The van der Waals surface area contributed by atoms with Crippen LogP contribution in [0, 0.1) is 0 Å². The summed E-state index contributed by atoms with van der Waals surface area (Å²) >= 11 is 5.02. The second kappa shape index (κ2) is 5.21. The third kappa shape index (κ3) is 2.76. The summed E-state index contributed by atoms with van der Waals surface area (Å²) in [5, 5.41) is 7.62. The molecule has 0 unspecified atom stereocenters. The Hall–Kier alpha value is -1.21. The molecule has 7 heteroatoms. The van der Waals surface area contributed by atoms with E-state index in [1.165, 1.54) is 0 Å². The van der Waals surface area contributed by atoms with Crippen LogP contribution in [0.5, 0.6) is 0 Å². The van der Waals surface area contributed by atoms with Gasteiger partial charge in [-0.2, -0.15) is 16.9 Å². The van der Waals surface area contributed by atoms with E-state index in [9.17, 15) is 4.79 Å². The first kappa shape index (κ1) is 14.7. The largest absolute Gasteiger partial charge is 0.444 e. The monoisotopic (exact) mass is 369 g/mol. The molecule has 3 heterocycles. The third-order valence-corrected chi connectivity index (χ3v) is 4.61. The van der Waals surface area contributed by atoms with Crippen molar-refractivity contribution in [3.63, 3.8) is 0 Å². The number of rotatable bonds is 2. The molecule has 1 amide bonds. The molecule has 0 bridgehead atoms. The predicted octanol–water partition coefficient (Wildman–Crippen LogP) is 3.99. The zero-order valence-electron chi connectivity index (χ0n) is 12.1. The van der Waals surface area contributed by atoms with Gasteiger partial charge in [0.1, 0.15) is 5.82 Å². The van der Waals surface area contributed by atoms with Crippen molar-refractivity contribution in [3.8, 4) is 0 Å². The average Bonchev–Trinajstić information content (AvgIpc) is 3.04. The van der Waals surface area contributed by atoms with Gasteiger partial charge in [0.05, 0.1) is 11.2 Å². The van der Waals surface area contributed by atoms with Crippen LogP contribution in [-0.4, -0.2) is 15.7 Å². The maximum Gasteiger partial charge on any atom is 0.292 e. The van der Waals surface area contributed by atoms with E-state index in [2.05, 4.69) is 47.1 Å². The normalized spacial score (nSPS) is 14.3. The van der Waals surface area contributed by atoms with Gasteiger partial charge in [-0.1, -0.05) is 0 Å². The number of carbonyl (C=O) groups is 1. The van der Waals surface area contributed by atoms with Crippen LogP contribution in [0.1, 0.15) is 42.6 Å². The molecule has 5 nitrogen and oxygen atoms in total. The van der Waals surface area contributed by atoms with Gasteiger partial charge in [0.25, 0.3) is 5.91 Å². The Morgan fingerprint density at radius 1 is 1.43 bits per heavy atom. The van der Waals surface area contributed by atoms with Gasteiger partial charge in [-0.25, -0.2) is 4.68 Å². The lowest BCUT2D eigenvalue weighted by Gasteiger charge is -2.23. The topological polar surface area (TPSA) is 60.1 Å². The molecule has 0 saturated carbocycles. The summed E-state index contributed by atoms with van der Waals surface area (Å²) in [5.74, 6) is 2.57. The first-order valence-corrected chi connectivity index (χ1v) is 8.57. The van der Waals surface area contributed by atoms with Gasteiger partial charge in [0.2, 0.25) is 0 Å². The molecule has 112 valence electrons. The standard InChI is InChI=1S/C14H16BrN3O2S/c1-14(2,3)18-12(8-6-21-7-9(8)17-18)16-13(19)10-4-5-11(15)20-10/h4-5H,6-7H2,1-3H3,(H,16,19). The SMILES string of the molecule is CC(C)(C)n1nc2c(c1NC(=O)c1ccc(Br)o1)CSC2. The van der Waals surface area contributed by atoms with Crippen LogP contribution in [0.15, 0.2) is 21.2 Å². The van der Waals surface area contributed by atoms with Gasteiger partial charge in [-0.15, -0.1) is 0 Å². The average molecular weight is 370 g/mol. The minimum Gasteiger partial charge on any atom is -0.444 e. The molecular formula is C14H16BrN3O2S. The number of aromatic nitrogens is 2. The minimum absolute atomic E-state index is 0.193. The van der Waals surface area contributed by atoms with Crippen molar-refractivity contribution in [2.24, 2.45) is 0 Å². The first-order chi connectivity index (χ1) is 9.86. The van der Waals surface area contributed by atoms with Crippen molar-refractivity contribution in [3.05, 3.63) is 33.8 Å². The Kier molecular flexibility index (Phi) is 3.65.